The fraction of sp³-hybridized carbons (Fsp3) is 0.533. The molecule has 0 spiro atoms. The van der Waals surface area contributed by atoms with Crippen LogP contribution in [0.2, 0.25) is 0 Å². The molecule has 0 aliphatic carbocycles. The van der Waals surface area contributed by atoms with Crippen LogP contribution in [0.5, 0.6) is 5.75 Å². The third-order valence-electron chi connectivity index (χ3n) is 3.90. The van der Waals surface area contributed by atoms with E-state index >= 15 is 0 Å². The van der Waals surface area contributed by atoms with Gasteiger partial charge in [0.25, 0.3) is 5.91 Å². The maximum absolute atomic E-state index is 13.3. The quantitative estimate of drug-likeness (QED) is 0.608. The van der Waals surface area contributed by atoms with Gasteiger partial charge in [0.05, 0.1) is 4.92 Å². The van der Waals surface area contributed by atoms with Crippen LogP contribution in [0.15, 0.2) is 18.2 Å². The molecule has 0 saturated carbocycles. The van der Waals surface area contributed by atoms with Crippen molar-refractivity contribution in [3.63, 3.8) is 0 Å². The van der Waals surface area contributed by atoms with Gasteiger partial charge in [0.2, 0.25) is 5.75 Å². The summed E-state index contributed by atoms with van der Waals surface area (Å²) >= 11 is 0. The van der Waals surface area contributed by atoms with Crippen molar-refractivity contribution in [2.24, 2.45) is 0 Å². The molecule has 0 radical (unpaired) electrons. The predicted octanol–water partition coefficient (Wildman–Crippen LogP) is 1.67. The molecule has 0 bridgehead atoms. The van der Waals surface area contributed by atoms with Crippen LogP contribution < -0.4 is 4.74 Å². The summed E-state index contributed by atoms with van der Waals surface area (Å²) in [6.07, 6.45) is -0.913. The third kappa shape index (κ3) is 4.16. The zero-order chi connectivity index (χ0) is 17.0. The number of ether oxygens (including phenoxy) is 1. The lowest BCUT2D eigenvalue weighted by Gasteiger charge is -2.35. The van der Waals surface area contributed by atoms with E-state index in [-0.39, 0.29) is 17.3 Å². The van der Waals surface area contributed by atoms with Crippen LogP contribution in [0.1, 0.15) is 13.8 Å². The SMILES string of the molecule is CCN1CCN(C(=O)[C@H](C)Oc2cc(F)ccc2[N+](=O)[O-])CC1. The number of nitro groups is 1. The number of carbonyl (C=O) groups is 1. The molecule has 1 aromatic rings. The van der Waals surface area contributed by atoms with E-state index in [4.69, 9.17) is 4.74 Å². The minimum atomic E-state index is -0.913. The number of hydrogen-bond donors (Lipinski definition) is 0. The summed E-state index contributed by atoms with van der Waals surface area (Å²) < 4.78 is 18.7. The fourth-order valence-electron chi connectivity index (χ4n) is 2.52. The third-order valence-corrected chi connectivity index (χ3v) is 3.90. The first-order valence-electron chi connectivity index (χ1n) is 7.54. The molecule has 23 heavy (non-hydrogen) atoms. The summed E-state index contributed by atoms with van der Waals surface area (Å²) in [7, 11) is 0. The van der Waals surface area contributed by atoms with Gasteiger partial charge in [0, 0.05) is 38.3 Å². The van der Waals surface area contributed by atoms with E-state index in [1.54, 1.807) is 4.90 Å². The van der Waals surface area contributed by atoms with Gasteiger partial charge in [-0.25, -0.2) is 4.39 Å². The molecular formula is C15H20FN3O4. The number of rotatable bonds is 5. The van der Waals surface area contributed by atoms with Gasteiger partial charge in [-0.2, -0.15) is 0 Å². The molecule has 1 fully saturated rings. The van der Waals surface area contributed by atoms with Crippen LogP contribution in [0.3, 0.4) is 0 Å². The van der Waals surface area contributed by atoms with Gasteiger partial charge < -0.3 is 14.5 Å². The van der Waals surface area contributed by atoms with Gasteiger partial charge in [-0.15, -0.1) is 0 Å². The monoisotopic (exact) mass is 325 g/mol. The second kappa shape index (κ2) is 7.36. The van der Waals surface area contributed by atoms with Crippen LogP contribution in [0, 0.1) is 15.9 Å². The molecule has 0 N–H and O–H groups in total. The number of piperazine rings is 1. The summed E-state index contributed by atoms with van der Waals surface area (Å²) in [6, 6.07) is 2.94. The van der Waals surface area contributed by atoms with Gasteiger partial charge >= 0.3 is 5.69 Å². The average molecular weight is 325 g/mol. The summed E-state index contributed by atoms with van der Waals surface area (Å²) in [5, 5.41) is 11.0. The van der Waals surface area contributed by atoms with Crippen LogP contribution in [0.25, 0.3) is 0 Å². The molecule has 1 saturated heterocycles. The van der Waals surface area contributed by atoms with Crippen molar-refractivity contribution in [2.45, 2.75) is 20.0 Å². The van der Waals surface area contributed by atoms with Crippen molar-refractivity contribution >= 4 is 11.6 Å². The van der Waals surface area contributed by atoms with E-state index in [0.29, 0.717) is 13.1 Å². The van der Waals surface area contributed by atoms with Crippen LogP contribution >= 0.6 is 0 Å². The lowest BCUT2D eigenvalue weighted by molar-refractivity contribution is -0.386. The van der Waals surface area contributed by atoms with Crippen molar-refractivity contribution in [3.05, 3.63) is 34.1 Å². The number of likely N-dealkylation sites (N-methyl/N-ethyl adjacent to an activating group) is 1. The van der Waals surface area contributed by atoms with Crippen LogP contribution in [0.4, 0.5) is 10.1 Å². The van der Waals surface area contributed by atoms with Crippen molar-refractivity contribution in [2.75, 3.05) is 32.7 Å². The average Bonchev–Trinajstić information content (AvgIpc) is 2.54. The minimum Gasteiger partial charge on any atom is -0.474 e. The Kier molecular flexibility index (Phi) is 5.49. The first-order valence-corrected chi connectivity index (χ1v) is 7.54. The number of hydrogen-bond acceptors (Lipinski definition) is 5. The number of nitrogens with zero attached hydrogens (tertiary/aromatic N) is 3. The topological polar surface area (TPSA) is 75.9 Å². The molecule has 2 rings (SSSR count). The lowest BCUT2D eigenvalue weighted by Crippen LogP contribution is -2.51. The number of halogens is 1. The van der Waals surface area contributed by atoms with Gasteiger partial charge in [-0.3, -0.25) is 14.9 Å². The summed E-state index contributed by atoms with van der Waals surface area (Å²) in [6.45, 7) is 7.26. The van der Waals surface area contributed by atoms with E-state index in [2.05, 4.69) is 11.8 Å². The molecule has 1 amide bonds. The number of benzene rings is 1. The summed E-state index contributed by atoms with van der Waals surface area (Å²) in [5.41, 5.74) is -0.359. The Bertz CT molecular complexity index is 588. The van der Waals surface area contributed by atoms with Gasteiger partial charge in [0.1, 0.15) is 5.82 Å². The smallest absolute Gasteiger partial charge is 0.311 e. The first-order chi connectivity index (χ1) is 10.9. The summed E-state index contributed by atoms with van der Waals surface area (Å²) in [5.74, 6) is -1.14. The highest BCUT2D eigenvalue weighted by molar-refractivity contribution is 5.81. The molecule has 1 aromatic carbocycles. The number of amides is 1. The molecule has 8 heteroatoms. The van der Waals surface area contributed by atoms with E-state index in [1.807, 2.05) is 0 Å². The Hall–Kier alpha value is -2.22. The molecule has 0 unspecified atom stereocenters. The van der Waals surface area contributed by atoms with Crippen LogP contribution in [-0.4, -0.2) is 59.5 Å². The zero-order valence-corrected chi connectivity index (χ0v) is 13.2. The fourth-order valence-corrected chi connectivity index (χ4v) is 2.52. The van der Waals surface area contributed by atoms with Crippen molar-refractivity contribution in [1.29, 1.82) is 0 Å². The molecule has 0 aromatic heterocycles. The van der Waals surface area contributed by atoms with Gasteiger partial charge in [0.15, 0.2) is 6.10 Å². The summed E-state index contributed by atoms with van der Waals surface area (Å²) in [4.78, 5) is 26.6. The molecule has 1 heterocycles. The maximum atomic E-state index is 13.3. The van der Waals surface area contributed by atoms with Crippen LogP contribution in [-0.2, 0) is 4.79 Å². The van der Waals surface area contributed by atoms with Crippen molar-refractivity contribution in [1.82, 2.24) is 9.80 Å². The Morgan fingerprint density at radius 1 is 1.39 bits per heavy atom. The normalized spacial score (nSPS) is 16.9. The number of carbonyl (C=O) groups excluding carboxylic acids is 1. The zero-order valence-electron chi connectivity index (χ0n) is 13.2. The second-order valence-electron chi connectivity index (χ2n) is 5.39. The molecule has 1 atom stereocenters. The standard InChI is InChI=1S/C15H20FN3O4/c1-3-17-6-8-18(9-7-17)15(20)11(2)23-14-10-12(16)4-5-13(14)19(21)22/h4-5,10-11H,3,6-9H2,1-2H3/t11-/m0/s1. The van der Waals surface area contributed by atoms with Crippen molar-refractivity contribution < 1.29 is 18.8 Å². The van der Waals surface area contributed by atoms with E-state index in [9.17, 15) is 19.3 Å². The van der Waals surface area contributed by atoms with E-state index in [1.165, 1.54) is 6.92 Å². The highest BCUT2D eigenvalue weighted by Crippen LogP contribution is 2.28. The van der Waals surface area contributed by atoms with E-state index < -0.39 is 16.8 Å². The van der Waals surface area contributed by atoms with Gasteiger partial charge in [-0.05, 0) is 19.5 Å². The highest BCUT2D eigenvalue weighted by atomic mass is 19.1. The predicted molar refractivity (Wildman–Crippen MR) is 81.8 cm³/mol. The first kappa shape index (κ1) is 17.1. The molecule has 126 valence electrons. The minimum absolute atomic E-state index is 0.233. The Morgan fingerprint density at radius 3 is 2.61 bits per heavy atom. The Morgan fingerprint density at radius 2 is 2.04 bits per heavy atom. The Labute approximate surface area is 133 Å². The van der Waals surface area contributed by atoms with Gasteiger partial charge in [-0.1, -0.05) is 6.92 Å². The molecule has 7 nitrogen and oxygen atoms in total. The van der Waals surface area contributed by atoms with Crippen molar-refractivity contribution in [3.8, 4) is 5.75 Å². The molecule has 1 aliphatic rings. The largest absolute Gasteiger partial charge is 0.474 e. The second-order valence-corrected chi connectivity index (χ2v) is 5.39. The Balaban J connectivity index is 2.04. The highest BCUT2D eigenvalue weighted by Gasteiger charge is 2.27. The molecule has 1 aliphatic heterocycles. The lowest BCUT2D eigenvalue weighted by atomic mass is 10.2. The maximum Gasteiger partial charge on any atom is 0.311 e. The van der Waals surface area contributed by atoms with E-state index in [0.717, 1.165) is 37.8 Å². The molecular weight excluding hydrogens is 305 g/mol. The number of nitro benzene ring substituents is 1.